The first kappa shape index (κ1) is 23.0. The topological polar surface area (TPSA) is 136 Å². The van der Waals surface area contributed by atoms with E-state index in [1.54, 1.807) is 23.7 Å². The first-order chi connectivity index (χ1) is 17.2. The number of hydrogen-bond donors (Lipinski definition) is 1. The highest BCUT2D eigenvalue weighted by molar-refractivity contribution is 7.91. The van der Waals surface area contributed by atoms with Gasteiger partial charge in [0.2, 0.25) is 6.41 Å². The summed E-state index contributed by atoms with van der Waals surface area (Å²) in [6.45, 7) is 1.95. The fourth-order valence-corrected chi connectivity index (χ4v) is 7.34. The Bertz CT molecular complexity index is 1580. The van der Waals surface area contributed by atoms with E-state index in [1.807, 2.05) is 29.3 Å². The average molecular weight is 524 g/mol. The molecule has 2 N–H and O–H groups in total. The second kappa shape index (κ2) is 8.34. The first-order valence-electron chi connectivity index (χ1n) is 11.7. The Kier molecular flexibility index (Phi) is 5.34. The smallest absolute Gasteiger partial charge is 0.210 e. The van der Waals surface area contributed by atoms with Crippen LogP contribution in [0.4, 0.5) is 5.82 Å². The fourth-order valence-electron chi connectivity index (χ4n) is 5.67. The maximum absolute atomic E-state index is 12.9. The number of carbonyl (C=O) groups excluding carboxylic acids is 1. The minimum absolute atomic E-state index is 0.0287. The fraction of sp³-hybridized carbons (Fsp3) is 0.375. The summed E-state index contributed by atoms with van der Waals surface area (Å²) in [5.41, 5.74) is 10.5. The van der Waals surface area contributed by atoms with Crippen LogP contribution in [0.5, 0.6) is 0 Å². The van der Waals surface area contributed by atoms with Gasteiger partial charge < -0.3 is 10.6 Å². The van der Waals surface area contributed by atoms with E-state index in [1.165, 1.54) is 4.52 Å². The van der Waals surface area contributed by atoms with E-state index in [2.05, 4.69) is 15.1 Å². The van der Waals surface area contributed by atoms with E-state index in [4.69, 9.17) is 10.7 Å². The molecule has 3 atom stereocenters. The predicted octanol–water partition coefficient (Wildman–Crippen LogP) is 3.08. The molecule has 2 fully saturated rings. The van der Waals surface area contributed by atoms with E-state index in [9.17, 15) is 13.2 Å². The number of amides is 1. The van der Waals surface area contributed by atoms with Crippen LogP contribution < -0.4 is 5.73 Å². The van der Waals surface area contributed by atoms with Crippen LogP contribution in [0.1, 0.15) is 42.3 Å². The van der Waals surface area contributed by atoms with Crippen LogP contribution >= 0.6 is 11.3 Å². The van der Waals surface area contributed by atoms with E-state index < -0.39 is 9.84 Å². The van der Waals surface area contributed by atoms with Crippen LogP contribution in [-0.4, -0.2) is 62.6 Å². The lowest BCUT2D eigenvalue weighted by atomic mass is 9.88. The number of nitrogens with two attached hydrogens (primary N) is 1. The largest absolute Gasteiger partial charge is 0.382 e. The molecule has 0 spiro atoms. The summed E-state index contributed by atoms with van der Waals surface area (Å²) in [5, 5.41) is 7.32. The second-order valence-electron chi connectivity index (χ2n) is 9.57. The molecule has 6 rings (SSSR count). The number of pyridine rings is 1. The van der Waals surface area contributed by atoms with Gasteiger partial charge in [-0.1, -0.05) is 6.07 Å². The van der Waals surface area contributed by atoms with Gasteiger partial charge in [0.1, 0.15) is 10.7 Å². The summed E-state index contributed by atoms with van der Waals surface area (Å²) in [4.78, 5) is 27.4. The minimum atomic E-state index is -3.68. The van der Waals surface area contributed by atoms with Gasteiger partial charge in [0.25, 0.3) is 0 Å². The summed E-state index contributed by atoms with van der Waals surface area (Å²) in [6, 6.07) is 4.01. The van der Waals surface area contributed by atoms with Crippen LogP contribution in [0.25, 0.3) is 28.2 Å². The number of piperidine rings is 1. The minimum Gasteiger partial charge on any atom is -0.382 e. The molecule has 2 aliphatic heterocycles. The predicted molar refractivity (Wildman–Crippen MR) is 136 cm³/mol. The Morgan fingerprint density at radius 1 is 1.11 bits per heavy atom. The third-order valence-electron chi connectivity index (χ3n) is 7.29. The van der Waals surface area contributed by atoms with Gasteiger partial charge in [0, 0.05) is 47.0 Å². The van der Waals surface area contributed by atoms with Crippen LogP contribution in [0.3, 0.4) is 0 Å². The Hall–Kier alpha value is -3.38. The van der Waals surface area contributed by atoms with Gasteiger partial charge in [-0.2, -0.15) is 9.61 Å². The summed E-state index contributed by atoms with van der Waals surface area (Å²) in [5.74, 6) is -0.0664. The number of nitrogen functional groups attached to an aromatic ring is 1. The molecular weight excluding hydrogens is 498 g/mol. The van der Waals surface area contributed by atoms with Crippen molar-refractivity contribution in [1.29, 1.82) is 0 Å². The van der Waals surface area contributed by atoms with Crippen molar-refractivity contribution in [1.82, 2.24) is 29.5 Å². The standard InChI is InChI=1S/C24H25N7O3S2/c1-13-28-20(11-35-13)19-6-3-14(9-26-19)18-10-27-31-23(25)22(36(2,33)34)21(29-24(18)31)15-7-16-4-5-17(8-15)30(16)12-32/h3,6,9-12,15-17H,4-5,7-8,25H2,1-2H3/t15?,16-,17+. The number of fused-ring (bicyclic) bond motifs is 3. The molecule has 2 aliphatic rings. The highest BCUT2D eigenvalue weighted by atomic mass is 32.2. The molecule has 0 saturated carbocycles. The maximum atomic E-state index is 12.9. The molecule has 2 bridgehead atoms. The van der Waals surface area contributed by atoms with Crippen LogP contribution in [-0.2, 0) is 14.6 Å². The summed E-state index contributed by atoms with van der Waals surface area (Å²) < 4.78 is 27.1. The summed E-state index contributed by atoms with van der Waals surface area (Å²) in [6.07, 6.45) is 8.60. The normalized spacial score (nSPS) is 21.8. The Morgan fingerprint density at radius 2 is 1.86 bits per heavy atom. The average Bonchev–Trinajstić information content (AvgIpc) is 3.53. The molecule has 0 radical (unpaired) electrons. The van der Waals surface area contributed by atoms with Gasteiger partial charge in [0.05, 0.1) is 28.3 Å². The van der Waals surface area contributed by atoms with Crippen molar-refractivity contribution in [3.05, 3.63) is 40.6 Å². The van der Waals surface area contributed by atoms with Crippen molar-refractivity contribution in [3.63, 3.8) is 0 Å². The summed E-state index contributed by atoms with van der Waals surface area (Å²) >= 11 is 1.57. The molecular formula is C24H25N7O3S2. The van der Waals surface area contributed by atoms with Gasteiger partial charge in [-0.05, 0) is 38.7 Å². The van der Waals surface area contributed by atoms with E-state index in [0.29, 0.717) is 29.7 Å². The number of aromatic nitrogens is 5. The van der Waals surface area contributed by atoms with Crippen molar-refractivity contribution in [2.75, 3.05) is 12.0 Å². The van der Waals surface area contributed by atoms with Crippen LogP contribution in [0, 0.1) is 6.92 Å². The van der Waals surface area contributed by atoms with Crippen molar-refractivity contribution in [2.24, 2.45) is 0 Å². The molecule has 0 aliphatic carbocycles. The number of anilines is 1. The van der Waals surface area contributed by atoms with Crippen LogP contribution in [0.2, 0.25) is 0 Å². The molecule has 4 aromatic heterocycles. The lowest BCUT2D eigenvalue weighted by molar-refractivity contribution is -0.122. The lowest BCUT2D eigenvalue weighted by Crippen LogP contribution is -2.41. The number of aryl methyl sites for hydroxylation is 1. The number of sulfone groups is 1. The molecule has 186 valence electrons. The van der Waals surface area contributed by atoms with Crippen LogP contribution in [0.15, 0.2) is 34.8 Å². The Labute approximate surface area is 212 Å². The number of hydrogen-bond acceptors (Lipinski definition) is 9. The maximum Gasteiger partial charge on any atom is 0.210 e. The monoisotopic (exact) mass is 523 g/mol. The van der Waals surface area contributed by atoms with Crippen molar-refractivity contribution >= 4 is 39.0 Å². The van der Waals surface area contributed by atoms with Gasteiger partial charge in [-0.3, -0.25) is 9.78 Å². The van der Waals surface area contributed by atoms with Gasteiger partial charge in [-0.25, -0.2) is 18.4 Å². The quantitative estimate of drug-likeness (QED) is 0.394. The highest BCUT2D eigenvalue weighted by Gasteiger charge is 2.42. The third kappa shape index (κ3) is 3.66. The summed E-state index contributed by atoms with van der Waals surface area (Å²) in [7, 11) is -3.68. The van der Waals surface area contributed by atoms with E-state index in [-0.39, 0.29) is 28.7 Å². The molecule has 4 aromatic rings. The third-order valence-corrected chi connectivity index (χ3v) is 9.22. The number of rotatable bonds is 5. The highest BCUT2D eigenvalue weighted by Crippen LogP contribution is 2.44. The molecule has 2 saturated heterocycles. The molecule has 36 heavy (non-hydrogen) atoms. The van der Waals surface area contributed by atoms with Gasteiger partial charge in [0.15, 0.2) is 15.5 Å². The zero-order chi connectivity index (χ0) is 25.2. The molecule has 6 heterocycles. The first-order valence-corrected chi connectivity index (χ1v) is 14.5. The van der Waals surface area contributed by atoms with Crippen molar-refractivity contribution in [3.8, 4) is 22.5 Å². The molecule has 1 amide bonds. The molecule has 0 aromatic carbocycles. The second-order valence-corrected chi connectivity index (χ2v) is 12.6. The van der Waals surface area contributed by atoms with Crippen molar-refractivity contribution < 1.29 is 13.2 Å². The molecule has 12 heteroatoms. The van der Waals surface area contributed by atoms with Crippen molar-refractivity contribution in [2.45, 2.75) is 55.5 Å². The Morgan fingerprint density at radius 3 is 2.44 bits per heavy atom. The Balaban J connectivity index is 1.46. The molecule has 10 nitrogen and oxygen atoms in total. The lowest BCUT2D eigenvalue weighted by Gasteiger charge is -2.36. The zero-order valence-corrected chi connectivity index (χ0v) is 21.5. The number of carbonyl (C=O) groups is 1. The number of thiazole rings is 1. The van der Waals surface area contributed by atoms with E-state index >= 15 is 0 Å². The molecule has 1 unspecified atom stereocenters. The number of nitrogens with zero attached hydrogens (tertiary/aromatic N) is 6. The zero-order valence-electron chi connectivity index (χ0n) is 19.8. The SMILES string of the molecule is Cc1nc(-c2ccc(-c3cnn4c(N)c(S(C)(=O)=O)c(C5C[C@H]6CC[C@@H](C5)N6C=O)nc34)cn2)cs1. The van der Waals surface area contributed by atoms with Gasteiger partial charge >= 0.3 is 0 Å². The van der Waals surface area contributed by atoms with E-state index in [0.717, 1.165) is 47.5 Å². The van der Waals surface area contributed by atoms with Gasteiger partial charge in [-0.15, -0.1) is 11.3 Å².